The zero-order valence-electron chi connectivity index (χ0n) is 14.1. The Hall–Kier alpha value is -3.20. The number of rotatable bonds is 5. The van der Waals surface area contributed by atoms with Gasteiger partial charge in [-0.05, 0) is 42.3 Å². The first kappa shape index (κ1) is 16.7. The molecule has 0 atom stereocenters. The number of nitrogens with zero attached hydrogens (tertiary/aromatic N) is 1. The molecule has 0 saturated heterocycles. The van der Waals surface area contributed by atoms with Gasteiger partial charge in [-0.1, -0.05) is 36.4 Å². The third-order valence-electron chi connectivity index (χ3n) is 4.12. The molecule has 0 aliphatic carbocycles. The maximum Gasteiger partial charge on any atom is 0.335 e. The molecule has 0 aliphatic rings. The molecular formula is C22H20NO2+. The Morgan fingerprint density at radius 2 is 1.80 bits per heavy atom. The van der Waals surface area contributed by atoms with Crippen LogP contribution >= 0.6 is 0 Å². The summed E-state index contributed by atoms with van der Waals surface area (Å²) in [6.45, 7) is 2.71. The van der Waals surface area contributed by atoms with Crippen molar-refractivity contribution >= 4 is 18.1 Å². The zero-order chi connectivity index (χ0) is 17.6. The number of aryl methyl sites for hydroxylation is 1. The van der Waals surface area contributed by atoms with E-state index in [2.05, 4.69) is 41.8 Å². The molecular weight excluding hydrogens is 310 g/mol. The number of aromatic carboxylic acids is 1. The average molecular weight is 330 g/mol. The van der Waals surface area contributed by atoms with Crippen LogP contribution in [-0.2, 0) is 6.54 Å². The predicted octanol–water partition coefficient (Wildman–Crippen LogP) is 4.20. The van der Waals surface area contributed by atoms with Gasteiger partial charge in [0.25, 0.3) is 0 Å². The monoisotopic (exact) mass is 330 g/mol. The summed E-state index contributed by atoms with van der Waals surface area (Å²) >= 11 is 0. The van der Waals surface area contributed by atoms with Crippen molar-refractivity contribution in [2.24, 2.45) is 0 Å². The number of hydrogen-bond donors (Lipinski definition) is 1. The van der Waals surface area contributed by atoms with Gasteiger partial charge in [-0.15, -0.1) is 0 Å². The van der Waals surface area contributed by atoms with Crippen LogP contribution in [0, 0.1) is 6.92 Å². The Kier molecular flexibility index (Phi) is 5.05. The molecule has 0 saturated carbocycles. The number of aromatic nitrogens is 1. The first-order valence-electron chi connectivity index (χ1n) is 8.18. The third kappa shape index (κ3) is 4.21. The van der Waals surface area contributed by atoms with E-state index < -0.39 is 5.97 Å². The fourth-order valence-electron chi connectivity index (χ4n) is 2.73. The number of carboxylic acid groups (broad SMARTS) is 1. The second-order valence-electron chi connectivity index (χ2n) is 5.95. The van der Waals surface area contributed by atoms with Gasteiger partial charge in [-0.2, -0.15) is 4.57 Å². The smallest absolute Gasteiger partial charge is 0.335 e. The summed E-state index contributed by atoms with van der Waals surface area (Å²) in [6.07, 6.45) is 6.20. The van der Waals surface area contributed by atoms with E-state index >= 15 is 0 Å². The van der Waals surface area contributed by atoms with Crippen LogP contribution in [0.4, 0.5) is 0 Å². The molecule has 3 nitrogen and oxygen atoms in total. The zero-order valence-corrected chi connectivity index (χ0v) is 14.1. The minimum atomic E-state index is -0.903. The Balaban J connectivity index is 1.88. The lowest BCUT2D eigenvalue weighted by Gasteiger charge is -2.03. The van der Waals surface area contributed by atoms with Crippen LogP contribution in [0.3, 0.4) is 0 Å². The molecule has 1 N–H and O–H groups in total. The molecule has 3 rings (SSSR count). The van der Waals surface area contributed by atoms with Crippen LogP contribution in [0.2, 0.25) is 0 Å². The van der Waals surface area contributed by atoms with Crippen LogP contribution in [0.25, 0.3) is 12.2 Å². The fourth-order valence-corrected chi connectivity index (χ4v) is 2.73. The van der Waals surface area contributed by atoms with Gasteiger partial charge in [0.15, 0.2) is 12.7 Å². The molecule has 1 heterocycles. The van der Waals surface area contributed by atoms with Gasteiger partial charge in [0.1, 0.15) is 0 Å². The molecule has 0 radical (unpaired) electrons. The lowest BCUT2D eigenvalue weighted by Crippen LogP contribution is -2.37. The number of hydrogen-bond acceptors (Lipinski definition) is 1. The first-order valence-corrected chi connectivity index (χ1v) is 8.18. The summed E-state index contributed by atoms with van der Waals surface area (Å²) in [6, 6.07) is 21.3. The summed E-state index contributed by atoms with van der Waals surface area (Å²) in [7, 11) is 0. The summed E-state index contributed by atoms with van der Waals surface area (Å²) in [5, 5.41) is 9.15. The summed E-state index contributed by atoms with van der Waals surface area (Å²) in [5.74, 6) is -0.903. The van der Waals surface area contributed by atoms with Crippen molar-refractivity contribution in [2.75, 3.05) is 0 Å². The largest absolute Gasteiger partial charge is 0.478 e. The Bertz CT molecular complexity index is 929. The van der Waals surface area contributed by atoms with Crippen LogP contribution < -0.4 is 4.57 Å². The molecule has 0 fully saturated rings. The summed E-state index contributed by atoms with van der Waals surface area (Å²) < 4.78 is 2.11. The van der Waals surface area contributed by atoms with Crippen molar-refractivity contribution in [2.45, 2.75) is 13.5 Å². The second kappa shape index (κ2) is 7.58. The van der Waals surface area contributed by atoms with Crippen LogP contribution in [0.5, 0.6) is 0 Å². The molecule has 2 aromatic carbocycles. The van der Waals surface area contributed by atoms with Crippen molar-refractivity contribution in [3.8, 4) is 0 Å². The van der Waals surface area contributed by atoms with Crippen LogP contribution in [0.15, 0.2) is 72.9 Å². The van der Waals surface area contributed by atoms with Crippen LogP contribution in [0.1, 0.15) is 32.7 Å². The molecule has 0 unspecified atom stereocenters. The summed E-state index contributed by atoms with van der Waals surface area (Å²) in [4.78, 5) is 11.1. The SMILES string of the molecule is Cc1ccccc1/C=C/c1cccc[n+]1Cc1cccc(C(=O)O)c1. The predicted molar refractivity (Wildman–Crippen MR) is 99.2 cm³/mol. The van der Waals surface area contributed by atoms with Gasteiger partial charge in [0, 0.05) is 23.8 Å². The van der Waals surface area contributed by atoms with Crippen molar-refractivity contribution < 1.29 is 14.5 Å². The maximum absolute atomic E-state index is 11.1. The van der Waals surface area contributed by atoms with E-state index in [1.807, 2.05) is 36.5 Å². The minimum absolute atomic E-state index is 0.311. The number of carbonyl (C=O) groups is 1. The molecule has 0 spiro atoms. The Labute approximate surface area is 147 Å². The lowest BCUT2D eigenvalue weighted by atomic mass is 10.1. The van der Waals surface area contributed by atoms with E-state index in [-0.39, 0.29) is 0 Å². The van der Waals surface area contributed by atoms with Crippen molar-refractivity contribution in [1.82, 2.24) is 0 Å². The molecule has 0 amide bonds. The molecule has 124 valence electrons. The van der Waals surface area contributed by atoms with E-state index in [1.54, 1.807) is 18.2 Å². The lowest BCUT2D eigenvalue weighted by molar-refractivity contribution is -0.690. The Morgan fingerprint density at radius 3 is 2.60 bits per heavy atom. The number of carboxylic acids is 1. The average Bonchev–Trinajstić information content (AvgIpc) is 2.62. The first-order chi connectivity index (χ1) is 12.1. The van der Waals surface area contributed by atoms with Gasteiger partial charge in [0.05, 0.1) is 5.56 Å². The van der Waals surface area contributed by atoms with E-state index in [4.69, 9.17) is 5.11 Å². The third-order valence-corrected chi connectivity index (χ3v) is 4.12. The van der Waals surface area contributed by atoms with E-state index in [0.717, 1.165) is 11.3 Å². The summed E-state index contributed by atoms with van der Waals surface area (Å²) in [5.41, 5.74) is 4.75. The van der Waals surface area contributed by atoms with Gasteiger partial charge >= 0.3 is 5.97 Å². The van der Waals surface area contributed by atoms with Crippen LogP contribution in [-0.4, -0.2) is 11.1 Å². The second-order valence-corrected chi connectivity index (χ2v) is 5.95. The highest BCUT2D eigenvalue weighted by Crippen LogP contribution is 2.11. The van der Waals surface area contributed by atoms with Gasteiger partial charge < -0.3 is 5.11 Å². The number of pyridine rings is 1. The van der Waals surface area contributed by atoms with Crippen molar-refractivity contribution in [3.63, 3.8) is 0 Å². The molecule has 3 heteroatoms. The minimum Gasteiger partial charge on any atom is -0.478 e. The number of benzene rings is 2. The highest BCUT2D eigenvalue weighted by atomic mass is 16.4. The highest BCUT2D eigenvalue weighted by molar-refractivity contribution is 5.87. The highest BCUT2D eigenvalue weighted by Gasteiger charge is 2.10. The standard InChI is InChI=1S/C22H19NO2/c1-17-7-2-3-9-19(17)12-13-21-11-4-5-14-23(21)16-18-8-6-10-20(15-18)22(24)25/h2-15H,16H2,1H3/p+1/b13-12+. The van der Waals surface area contributed by atoms with E-state index in [1.165, 1.54) is 11.1 Å². The molecule has 25 heavy (non-hydrogen) atoms. The van der Waals surface area contributed by atoms with E-state index in [9.17, 15) is 4.79 Å². The molecule has 0 bridgehead atoms. The van der Waals surface area contributed by atoms with Crippen molar-refractivity contribution in [3.05, 3.63) is 101 Å². The van der Waals surface area contributed by atoms with E-state index in [0.29, 0.717) is 12.1 Å². The maximum atomic E-state index is 11.1. The Morgan fingerprint density at radius 1 is 1.00 bits per heavy atom. The topological polar surface area (TPSA) is 41.2 Å². The molecule has 1 aromatic heterocycles. The molecule has 3 aromatic rings. The fraction of sp³-hybridized carbons (Fsp3) is 0.0909. The van der Waals surface area contributed by atoms with Gasteiger partial charge in [-0.25, -0.2) is 4.79 Å². The van der Waals surface area contributed by atoms with Crippen molar-refractivity contribution in [1.29, 1.82) is 0 Å². The quantitative estimate of drug-likeness (QED) is 0.712. The van der Waals surface area contributed by atoms with Gasteiger partial charge in [0.2, 0.25) is 5.69 Å². The molecule has 0 aliphatic heterocycles. The van der Waals surface area contributed by atoms with Gasteiger partial charge in [-0.3, -0.25) is 0 Å². The normalized spacial score (nSPS) is 10.9.